The van der Waals surface area contributed by atoms with Crippen molar-refractivity contribution in [3.05, 3.63) is 102 Å². The van der Waals surface area contributed by atoms with Gasteiger partial charge in [0.15, 0.2) is 0 Å². The molecule has 0 radical (unpaired) electrons. The molecule has 1 unspecified atom stereocenters. The van der Waals surface area contributed by atoms with Crippen molar-refractivity contribution in [3.63, 3.8) is 0 Å². The Labute approximate surface area is 319 Å². The summed E-state index contributed by atoms with van der Waals surface area (Å²) in [4.78, 5) is 81.1. The second kappa shape index (κ2) is 15.4. The standard InChI is InChI=1S/C39H37N9O6S/c40-34-33-32(23-9-11-24(12-10-23)36(50)43-29-8-1-2-15-41-29)45-35(47(33)18-16-42-34)26-6-4-17-46(26)19-20-54-21-22-55-28-7-3-5-25-31(28)39(53)48(38(25)52)27-13-14-30(49)44-37(27)51/h1-3,5,7-12,15-16,18,26-27H,4,6,13-14,17,19-22H2,(H2,40,42)(H,41,43,50)(H,44,49,51)/t26-,27?/m0/s1. The summed E-state index contributed by atoms with van der Waals surface area (Å²) >= 11 is 1.42. The van der Waals surface area contributed by atoms with Gasteiger partial charge in [-0.1, -0.05) is 24.3 Å². The molecule has 16 heteroatoms. The van der Waals surface area contributed by atoms with Crippen LogP contribution in [0, 0.1) is 0 Å². The Morgan fingerprint density at radius 1 is 0.945 bits per heavy atom. The maximum absolute atomic E-state index is 13.4. The molecule has 4 N–H and O–H groups in total. The maximum atomic E-state index is 13.4. The molecule has 2 aromatic carbocycles. The Bertz CT molecular complexity index is 2320. The summed E-state index contributed by atoms with van der Waals surface area (Å²) in [7, 11) is 0. The third-order valence-corrected chi connectivity index (χ3v) is 11.1. The topological polar surface area (TPSA) is 194 Å². The molecule has 2 saturated heterocycles. The van der Waals surface area contributed by atoms with E-state index in [1.54, 1.807) is 60.9 Å². The van der Waals surface area contributed by atoms with Crippen molar-refractivity contribution >= 4 is 58.5 Å². The zero-order valence-corrected chi connectivity index (χ0v) is 30.5. The smallest absolute Gasteiger partial charge is 0.263 e. The van der Waals surface area contributed by atoms with E-state index in [0.29, 0.717) is 58.8 Å². The summed E-state index contributed by atoms with van der Waals surface area (Å²) < 4.78 is 8.06. The first kappa shape index (κ1) is 36.0. The van der Waals surface area contributed by atoms with Crippen molar-refractivity contribution in [1.29, 1.82) is 0 Å². The van der Waals surface area contributed by atoms with Gasteiger partial charge < -0.3 is 15.8 Å². The summed E-state index contributed by atoms with van der Waals surface area (Å²) in [5.41, 5.74) is 9.65. The SMILES string of the molecule is Nc1nccn2c([C@@H]3CCCN3CCOCCSc3cccc4c3C(=O)N(C3CCC(=O)NC3=O)C4=O)nc(-c3ccc(C(=O)Nc4ccccn4)cc3)c12. The Kier molecular flexibility index (Phi) is 10.1. The molecule has 2 atom stereocenters. The average Bonchev–Trinajstić information content (AvgIpc) is 3.89. The number of anilines is 2. The van der Waals surface area contributed by atoms with Crippen LogP contribution in [0.25, 0.3) is 16.8 Å². The number of thioether (sulfide) groups is 1. The fourth-order valence-electron chi connectivity index (χ4n) is 7.41. The molecular weight excluding hydrogens is 723 g/mol. The lowest BCUT2D eigenvalue weighted by atomic mass is 10.0. The Morgan fingerprint density at radius 2 is 1.80 bits per heavy atom. The predicted molar refractivity (Wildman–Crippen MR) is 203 cm³/mol. The number of ether oxygens (including phenoxy) is 1. The largest absolute Gasteiger partial charge is 0.382 e. The van der Waals surface area contributed by atoms with Gasteiger partial charge in [0.2, 0.25) is 11.8 Å². The summed E-state index contributed by atoms with van der Waals surface area (Å²) in [5.74, 6) is -0.127. The quantitative estimate of drug-likeness (QED) is 0.0943. The lowest BCUT2D eigenvalue weighted by molar-refractivity contribution is -0.136. The first-order valence-corrected chi connectivity index (χ1v) is 19.0. The van der Waals surface area contributed by atoms with Gasteiger partial charge in [-0.15, -0.1) is 11.8 Å². The molecule has 3 aliphatic rings. The number of imide groups is 2. The van der Waals surface area contributed by atoms with Gasteiger partial charge in [-0.3, -0.25) is 43.5 Å². The Balaban J connectivity index is 0.891. The van der Waals surface area contributed by atoms with Gasteiger partial charge in [0.05, 0.1) is 30.4 Å². The fourth-order valence-corrected chi connectivity index (χ4v) is 8.35. The molecule has 0 bridgehead atoms. The Morgan fingerprint density at radius 3 is 2.60 bits per heavy atom. The number of nitrogen functional groups attached to an aromatic ring is 1. The minimum absolute atomic E-state index is 0.0206. The van der Waals surface area contributed by atoms with Gasteiger partial charge in [-0.2, -0.15) is 0 Å². The van der Waals surface area contributed by atoms with Gasteiger partial charge >= 0.3 is 0 Å². The molecule has 280 valence electrons. The van der Waals surface area contributed by atoms with Crippen LogP contribution >= 0.6 is 11.8 Å². The number of fused-ring (bicyclic) bond motifs is 2. The van der Waals surface area contributed by atoms with Crippen LogP contribution in [0.5, 0.6) is 0 Å². The third kappa shape index (κ3) is 7.06. The molecule has 8 rings (SSSR count). The van der Waals surface area contributed by atoms with E-state index >= 15 is 0 Å². The van der Waals surface area contributed by atoms with Crippen molar-refractivity contribution in [1.82, 2.24) is 34.5 Å². The number of carbonyl (C=O) groups is 5. The van der Waals surface area contributed by atoms with E-state index in [0.717, 1.165) is 35.7 Å². The van der Waals surface area contributed by atoms with Crippen LogP contribution < -0.4 is 16.4 Å². The number of nitrogens with one attached hydrogen (secondary N) is 2. The van der Waals surface area contributed by atoms with Gasteiger partial charge in [0, 0.05) is 53.3 Å². The van der Waals surface area contributed by atoms with E-state index < -0.39 is 29.7 Å². The van der Waals surface area contributed by atoms with Crippen LogP contribution in [0.15, 0.2) is 84.1 Å². The van der Waals surface area contributed by atoms with Crippen molar-refractivity contribution in [2.24, 2.45) is 0 Å². The number of hydrogen-bond donors (Lipinski definition) is 3. The number of rotatable bonds is 12. The molecule has 3 aromatic heterocycles. The average molecular weight is 760 g/mol. The number of nitrogens with two attached hydrogens (primary N) is 1. The number of imidazole rings is 1. The second-order valence-electron chi connectivity index (χ2n) is 13.4. The molecule has 55 heavy (non-hydrogen) atoms. The zero-order chi connectivity index (χ0) is 38.1. The highest BCUT2D eigenvalue weighted by Gasteiger charge is 2.45. The zero-order valence-electron chi connectivity index (χ0n) is 29.6. The molecule has 6 heterocycles. The number of amides is 5. The lowest BCUT2D eigenvalue weighted by Gasteiger charge is -2.27. The monoisotopic (exact) mass is 759 g/mol. The van der Waals surface area contributed by atoms with Crippen molar-refractivity contribution in [2.45, 2.75) is 42.7 Å². The molecule has 0 spiro atoms. The predicted octanol–water partition coefficient (Wildman–Crippen LogP) is 3.97. The molecule has 5 amide bonds. The highest BCUT2D eigenvalue weighted by atomic mass is 32.2. The number of benzene rings is 2. The van der Waals surface area contributed by atoms with E-state index in [4.69, 9.17) is 15.5 Å². The van der Waals surface area contributed by atoms with E-state index in [-0.39, 0.29) is 35.9 Å². The molecule has 15 nitrogen and oxygen atoms in total. The van der Waals surface area contributed by atoms with Crippen LogP contribution in [0.1, 0.15) is 68.6 Å². The van der Waals surface area contributed by atoms with E-state index in [1.807, 2.05) is 22.7 Å². The molecule has 2 fully saturated rings. The van der Waals surface area contributed by atoms with Gasteiger partial charge in [0.1, 0.15) is 34.7 Å². The summed E-state index contributed by atoms with van der Waals surface area (Å²) in [6, 6.07) is 16.7. The van der Waals surface area contributed by atoms with Crippen LogP contribution in [0.4, 0.5) is 11.6 Å². The molecular formula is C39H37N9O6S. The minimum atomic E-state index is -1.01. The molecule has 3 aliphatic heterocycles. The third-order valence-electron chi connectivity index (χ3n) is 10.0. The van der Waals surface area contributed by atoms with E-state index in [1.165, 1.54) is 11.8 Å². The van der Waals surface area contributed by atoms with Crippen LogP contribution in [0.3, 0.4) is 0 Å². The number of hydrogen-bond acceptors (Lipinski definition) is 12. The molecule has 0 saturated carbocycles. The minimum Gasteiger partial charge on any atom is -0.382 e. The van der Waals surface area contributed by atoms with Crippen molar-refractivity contribution in [3.8, 4) is 11.3 Å². The summed E-state index contributed by atoms with van der Waals surface area (Å²) in [6.45, 7) is 2.45. The van der Waals surface area contributed by atoms with E-state index in [9.17, 15) is 24.0 Å². The van der Waals surface area contributed by atoms with Crippen LogP contribution in [0.2, 0.25) is 0 Å². The van der Waals surface area contributed by atoms with Gasteiger partial charge in [-0.25, -0.2) is 15.0 Å². The first-order valence-electron chi connectivity index (χ1n) is 18.0. The highest BCUT2D eigenvalue weighted by Crippen LogP contribution is 2.37. The molecule has 5 aromatic rings. The number of carbonyl (C=O) groups excluding carboxylic acids is 5. The number of likely N-dealkylation sites (tertiary alicyclic amines) is 1. The fraction of sp³-hybridized carbons (Fsp3) is 0.282. The number of aromatic nitrogens is 4. The maximum Gasteiger partial charge on any atom is 0.263 e. The second-order valence-corrected chi connectivity index (χ2v) is 14.5. The number of piperidine rings is 1. The first-order chi connectivity index (χ1) is 26.8. The van der Waals surface area contributed by atoms with Crippen LogP contribution in [-0.2, 0) is 14.3 Å². The van der Waals surface area contributed by atoms with Crippen LogP contribution in [-0.4, -0.2) is 96.8 Å². The van der Waals surface area contributed by atoms with E-state index in [2.05, 4.69) is 25.5 Å². The Hall–Kier alpha value is -5.97. The number of pyridine rings is 1. The molecule has 0 aliphatic carbocycles. The lowest BCUT2D eigenvalue weighted by Crippen LogP contribution is -2.54. The van der Waals surface area contributed by atoms with Gasteiger partial charge in [-0.05, 0) is 62.2 Å². The summed E-state index contributed by atoms with van der Waals surface area (Å²) in [6.07, 6.45) is 7.24. The van der Waals surface area contributed by atoms with Crippen molar-refractivity contribution < 1.29 is 28.7 Å². The normalized spacial score (nSPS) is 18.6. The highest BCUT2D eigenvalue weighted by molar-refractivity contribution is 7.99. The van der Waals surface area contributed by atoms with Gasteiger partial charge in [0.25, 0.3) is 17.7 Å². The summed E-state index contributed by atoms with van der Waals surface area (Å²) in [5, 5.41) is 5.03. The van der Waals surface area contributed by atoms with Crippen molar-refractivity contribution in [2.75, 3.05) is 43.1 Å². The number of nitrogens with zero attached hydrogens (tertiary/aromatic N) is 6.